The Bertz CT molecular complexity index is 677. The number of hydrogen-bond acceptors (Lipinski definition) is 7. The van der Waals surface area contributed by atoms with E-state index in [4.69, 9.17) is 4.98 Å². The van der Waals surface area contributed by atoms with Gasteiger partial charge in [-0.05, 0) is 19.8 Å². The molecule has 2 aliphatic rings. The topological polar surface area (TPSA) is 55.0 Å². The number of aromatic nitrogens is 1. The molecule has 2 aliphatic heterocycles. The third-order valence-electron chi connectivity index (χ3n) is 6.09. The maximum atomic E-state index is 12.5. The lowest BCUT2D eigenvalue weighted by Gasteiger charge is -2.39. The van der Waals surface area contributed by atoms with Crippen LogP contribution in [0.1, 0.15) is 52.3 Å². The summed E-state index contributed by atoms with van der Waals surface area (Å²) in [6.07, 6.45) is 2.49. The fourth-order valence-electron chi connectivity index (χ4n) is 4.29. The van der Waals surface area contributed by atoms with Gasteiger partial charge in [-0.15, -0.1) is 11.3 Å². The molecule has 1 aromatic heterocycles. The zero-order valence-electron chi connectivity index (χ0n) is 18.9. The molecule has 1 N–H and O–H groups in total. The van der Waals surface area contributed by atoms with Crippen molar-refractivity contribution in [2.75, 3.05) is 58.7 Å². The third kappa shape index (κ3) is 5.48. The molecule has 0 radical (unpaired) electrons. The number of carbonyl (C=O) groups is 1. The van der Waals surface area contributed by atoms with E-state index in [-0.39, 0.29) is 17.4 Å². The van der Waals surface area contributed by atoms with Crippen LogP contribution < -0.4 is 5.32 Å². The summed E-state index contributed by atoms with van der Waals surface area (Å²) < 4.78 is 0. The van der Waals surface area contributed by atoms with Gasteiger partial charge < -0.3 is 10.2 Å². The first-order chi connectivity index (χ1) is 13.7. The molecule has 1 aromatic rings. The van der Waals surface area contributed by atoms with E-state index in [1.807, 2.05) is 25.7 Å². The van der Waals surface area contributed by atoms with E-state index in [1.165, 1.54) is 12.8 Å². The second kappa shape index (κ2) is 9.29. The molecule has 2 saturated heterocycles. The molecular weight excluding hydrogens is 384 g/mol. The summed E-state index contributed by atoms with van der Waals surface area (Å²) in [6.45, 7) is 13.7. The van der Waals surface area contributed by atoms with Crippen molar-refractivity contribution < 1.29 is 4.79 Å². The van der Waals surface area contributed by atoms with Gasteiger partial charge in [0.25, 0.3) is 0 Å². The molecule has 0 aromatic carbocycles. The summed E-state index contributed by atoms with van der Waals surface area (Å²) in [5, 5.41) is 11.4. The molecule has 1 amide bonds. The molecule has 0 saturated carbocycles. The van der Waals surface area contributed by atoms with Crippen LogP contribution >= 0.6 is 11.3 Å². The molecule has 29 heavy (non-hydrogen) atoms. The number of rotatable bonds is 6. The van der Waals surface area contributed by atoms with E-state index in [1.54, 1.807) is 11.3 Å². The van der Waals surface area contributed by atoms with Gasteiger partial charge in [-0.2, -0.15) is 0 Å². The van der Waals surface area contributed by atoms with E-state index >= 15 is 0 Å². The number of hydrogen-bond donors (Lipinski definition) is 1. The van der Waals surface area contributed by atoms with Crippen LogP contribution in [0.25, 0.3) is 0 Å². The minimum Gasteiger partial charge on any atom is -0.360 e. The van der Waals surface area contributed by atoms with Crippen LogP contribution in [-0.2, 0) is 4.79 Å². The van der Waals surface area contributed by atoms with Crippen molar-refractivity contribution in [2.45, 2.75) is 52.6 Å². The van der Waals surface area contributed by atoms with Gasteiger partial charge in [0.1, 0.15) is 0 Å². The summed E-state index contributed by atoms with van der Waals surface area (Å²) in [7, 11) is 4.24. The highest BCUT2D eigenvalue weighted by Crippen LogP contribution is 2.27. The van der Waals surface area contributed by atoms with Crippen molar-refractivity contribution in [3.63, 3.8) is 0 Å². The lowest BCUT2D eigenvalue weighted by atomic mass is 9.94. The normalized spacial score (nSPS) is 23.0. The minimum atomic E-state index is -0.301. The summed E-state index contributed by atoms with van der Waals surface area (Å²) >= 11 is 1.70. The number of hydrazine groups is 1. The molecule has 164 valence electrons. The monoisotopic (exact) mass is 422 g/mol. The van der Waals surface area contributed by atoms with E-state index in [0.29, 0.717) is 6.04 Å². The Morgan fingerprint density at radius 3 is 2.59 bits per heavy atom. The Labute approximate surface area is 180 Å². The molecule has 0 bridgehead atoms. The van der Waals surface area contributed by atoms with Gasteiger partial charge in [0, 0.05) is 70.2 Å². The average molecular weight is 423 g/mol. The Balaban J connectivity index is 1.50. The molecule has 2 atom stereocenters. The smallest absolute Gasteiger partial charge is 0.228 e. The Kier molecular flexibility index (Phi) is 7.19. The van der Waals surface area contributed by atoms with E-state index in [9.17, 15) is 4.79 Å². The van der Waals surface area contributed by atoms with Crippen LogP contribution in [0.4, 0.5) is 5.13 Å². The fraction of sp³-hybridized carbons (Fsp3) is 0.810. The van der Waals surface area contributed by atoms with Gasteiger partial charge in [-0.3, -0.25) is 9.69 Å². The van der Waals surface area contributed by atoms with Crippen molar-refractivity contribution in [1.82, 2.24) is 24.8 Å². The van der Waals surface area contributed by atoms with Crippen LogP contribution in [0.5, 0.6) is 0 Å². The number of thiazole rings is 1. The maximum Gasteiger partial charge on any atom is 0.228 e. The highest BCUT2D eigenvalue weighted by molar-refractivity contribution is 7.13. The van der Waals surface area contributed by atoms with Crippen LogP contribution in [0, 0.1) is 5.41 Å². The second-order valence-corrected chi connectivity index (χ2v) is 10.4. The molecule has 0 aliphatic carbocycles. The van der Waals surface area contributed by atoms with Crippen LogP contribution in [0.15, 0.2) is 5.38 Å². The predicted molar refractivity (Wildman–Crippen MR) is 120 cm³/mol. The van der Waals surface area contributed by atoms with Crippen LogP contribution in [-0.4, -0.2) is 90.1 Å². The van der Waals surface area contributed by atoms with E-state index < -0.39 is 0 Å². The molecule has 0 unspecified atom stereocenters. The van der Waals surface area contributed by atoms with E-state index in [2.05, 4.69) is 46.6 Å². The highest BCUT2D eigenvalue weighted by atomic mass is 32.1. The van der Waals surface area contributed by atoms with Gasteiger partial charge >= 0.3 is 0 Å². The Morgan fingerprint density at radius 2 is 1.97 bits per heavy atom. The number of nitrogens with one attached hydrogen (secondary N) is 1. The Hall–Kier alpha value is -1.22. The van der Waals surface area contributed by atoms with Crippen LogP contribution in [0.2, 0.25) is 0 Å². The van der Waals surface area contributed by atoms with Crippen molar-refractivity contribution >= 4 is 22.4 Å². The SMILES string of the molecule is C[C@@H](c1csc(NC[C@@H]2CCCN2N(C)C)n1)N1CCN(C(=O)C(C)(C)C)CC1. The number of anilines is 1. The van der Waals surface area contributed by atoms with Gasteiger partial charge in [-0.25, -0.2) is 15.0 Å². The van der Waals surface area contributed by atoms with Gasteiger partial charge in [0.2, 0.25) is 5.91 Å². The fourth-order valence-corrected chi connectivity index (χ4v) is 5.10. The number of nitrogens with zero attached hydrogens (tertiary/aromatic N) is 5. The standard InChI is InChI=1S/C21H38N6OS/c1-16(25-10-12-26(13-11-25)19(28)21(2,3)4)18-15-29-20(23-18)22-14-17-8-7-9-27(17)24(5)6/h15-17H,7-14H2,1-6H3,(H,22,23)/t16-,17-/m0/s1. The first-order valence-electron chi connectivity index (χ1n) is 10.8. The van der Waals surface area contributed by atoms with Gasteiger partial charge in [-0.1, -0.05) is 20.8 Å². The summed E-state index contributed by atoms with van der Waals surface area (Å²) in [5.41, 5.74) is 0.828. The summed E-state index contributed by atoms with van der Waals surface area (Å²) in [6, 6.07) is 0.821. The van der Waals surface area contributed by atoms with Crippen molar-refractivity contribution in [2.24, 2.45) is 5.41 Å². The number of piperazine rings is 1. The molecular formula is C21H38N6OS. The first-order valence-corrected chi connectivity index (χ1v) is 11.7. The molecule has 0 spiro atoms. The molecule has 3 rings (SSSR count). The van der Waals surface area contributed by atoms with Gasteiger partial charge in [0.05, 0.1) is 11.7 Å². The molecule has 3 heterocycles. The number of amides is 1. The highest BCUT2D eigenvalue weighted by Gasteiger charge is 2.31. The molecule has 7 nitrogen and oxygen atoms in total. The van der Waals surface area contributed by atoms with Crippen molar-refractivity contribution in [1.29, 1.82) is 0 Å². The minimum absolute atomic E-state index is 0.253. The zero-order valence-corrected chi connectivity index (χ0v) is 19.8. The zero-order chi connectivity index (χ0) is 21.2. The largest absolute Gasteiger partial charge is 0.360 e. The lowest BCUT2D eigenvalue weighted by molar-refractivity contribution is -0.141. The van der Waals surface area contributed by atoms with E-state index in [0.717, 1.165) is 50.1 Å². The van der Waals surface area contributed by atoms with Crippen LogP contribution in [0.3, 0.4) is 0 Å². The molecule has 8 heteroatoms. The van der Waals surface area contributed by atoms with Gasteiger partial charge in [0.15, 0.2) is 5.13 Å². The number of carbonyl (C=O) groups excluding carboxylic acids is 1. The predicted octanol–water partition coefficient (Wildman–Crippen LogP) is 2.75. The van der Waals surface area contributed by atoms with Crippen molar-refractivity contribution in [3.05, 3.63) is 11.1 Å². The summed E-state index contributed by atoms with van der Waals surface area (Å²) in [5.74, 6) is 0.253. The quantitative estimate of drug-likeness (QED) is 0.761. The first kappa shape index (κ1) is 22.5. The average Bonchev–Trinajstić information content (AvgIpc) is 3.34. The third-order valence-corrected chi connectivity index (χ3v) is 6.91. The lowest BCUT2D eigenvalue weighted by Crippen LogP contribution is -2.52. The maximum absolute atomic E-state index is 12.5. The summed E-state index contributed by atoms with van der Waals surface area (Å²) in [4.78, 5) is 21.8. The Morgan fingerprint density at radius 1 is 1.28 bits per heavy atom. The molecule has 2 fully saturated rings. The second-order valence-electron chi connectivity index (χ2n) is 9.52. The van der Waals surface area contributed by atoms with Crippen molar-refractivity contribution in [3.8, 4) is 0 Å².